The van der Waals surface area contributed by atoms with Gasteiger partial charge in [0, 0.05) is 0 Å². The van der Waals surface area contributed by atoms with Gasteiger partial charge in [0.25, 0.3) is 0 Å². The van der Waals surface area contributed by atoms with Gasteiger partial charge in [-0.2, -0.15) is 7.82 Å². The normalized spacial score (nSPS) is 11.6. The number of rotatable bonds is 0. The van der Waals surface area contributed by atoms with Crippen LogP contribution in [0.2, 0.25) is 0 Å². The Kier molecular flexibility index (Phi) is 27.8. The molecule has 0 amide bonds. The van der Waals surface area contributed by atoms with Crippen LogP contribution in [0.3, 0.4) is 0 Å². The molecular weight excluding hydrogens is 240 g/mol. The minimum absolute atomic E-state index is 0. The Labute approximate surface area is 149 Å². The van der Waals surface area contributed by atoms with Crippen molar-refractivity contribution >= 4 is 7.82 Å². The molecule has 1 aliphatic rings. The summed E-state index contributed by atoms with van der Waals surface area (Å²) in [4.78, 5) is 25.6. The summed E-state index contributed by atoms with van der Waals surface area (Å²) >= 11 is 0. The van der Waals surface area contributed by atoms with E-state index < -0.39 is 7.82 Å². The third kappa shape index (κ3) is 36.7. The van der Waals surface area contributed by atoms with Gasteiger partial charge >= 0.3 is 88.7 Å². The first-order valence-corrected chi connectivity index (χ1v) is 4.12. The maximum atomic E-state index is 8.55. The molecular formula is C5H6Na3O5P. The van der Waals surface area contributed by atoms with Crippen molar-refractivity contribution in [2.24, 2.45) is 0 Å². The van der Waals surface area contributed by atoms with Crippen LogP contribution in [-0.4, -0.2) is 6.61 Å². The molecule has 0 saturated heterocycles. The molecule has 0 N–H and O–H groups in total. The molecule has 0 aromatic carbocycles. The molecule has 5 nitrogen and oxygen atoms in total. The van der Waals surface area contributed by atoms with Crippen molar-refractivity contribution in [1.29, 1.82) is 0 Å². The summed E-state index contributed by atoms with van der Waals surface area (Å²) in [7, 11) is -5.39. The van der Waals surface area contributed by atoms with Crippen LogP contribution in [0.25, 0.3) is 0 Å². The van der Waals surface area contributed by atoms with Gasteiger partial charge in [0.15, 0.2) is 0 Å². The Bertz CT molecular complexity index is 181. The molecule has 1 heterocycles. The Balaban J connectivity index is -0.0000000597. The zero-order valence-electron chi connectivity index (χ0n) is 8.50. The summed E-state index contributed by atoms with van der Waals surface area (Å²) in [5.41, 5.74) is 0. The fourth-order valence-corrected chi connectivity index (χ4v) is 0.346. The molecule has 1 rings (SSSR count). The van der Waals surface area contributed by atoms with Gasteiger partial charge in [0.05, 0.1) is 6.26 Å². The molecule has 64 valence electrons. The molecule has 0 bridgehead atoms. The van der Waals surface area contributed by atoms with Crippen LogP contribution >= 0.6 is 7.82 Å². The molecule has 0 fully saturated rings. The molecule has 1 aliphatic heterocycles. The summed E-state index contributed by atoms with van der Waals surface area (Å²) in [5.74, 6) is 0. The van der Waals surface area contributed by atoms with Crippen molar-refractivity contribution in [3.05, 3.63) is 24.5 Å². The standard InChI is InChI=1S/C5H6O.3Na.H3O4P/c1-2-4-6-5-3-1;;;;1-5(2,3)4/h1-4H,5H2;;;;(H3,1,2,3,4)/q;3*+1;/p-3. The van der Waals surface area contributed by atoms with E-state index in [1.54, 1.807) is 6.26 Å². The van der Waals surface area contributed by atoms with E-state index in [1.165, 1.54) is 0 Å². The van der Waals surface area contributed by atoms with E-state index in [2.05, 4.69) is 0 Å². The van der Waals surface area contributed by atoms with Crippen molar-refractivity contribution in [1.82, 2.24) is 0 Å². The average molecular weight is 246 g/mol. The van der Waals surface area contributed by atoms with Crippen LogP contribution in [0.15, 0.2) is 24.5 Å². The van der Waals surface area contributed by atoms with E-state index in [4.69, 9.17) is 24.0 Å². The summed E-state index contributed by atoms with van der Waals surface area (Å²) in [6.45, 7) is 0.733. The Morgan fingerprint density at radius 1 is 1.07 bits per heavy atom. The van der Waals surface area contributed by atoms with Crippen LogP contribution in [0, 0.1) is 0 Å². The van der Waals surface area contributed by atoms with E-state index in [-0.39, 0.29) is 88.7 Å². The zero-order valence-corrected chi connectivity index (χ0v) is 15.4. The van der Waals surface area contributed by atoms with Gasteiger partial charge in [-0.25, -0.2) is 0 Å². The summed E-state index contributed by atoms with van der Waals surface area (Å²) < 4.78 is 13.4. The van der Waals surface area contributed by atoms with Crippen LogP contribution in [0.4, 0.5) is 0 Å². The van der Waals surface area contributed by atoms with E-state index in [1.807, 2.05) is 18.2 Å². The van der Waals surface area contributed by atoms with E-state index in [9.17, 15) is 0 Å². The third-order valence-corrected chi connectivity index (χ3v) is 0.614. The second-order valence-corrected chi connectivity index (χ2v) is 2.43. The quantitative estimate of drug-likeness (QED) is 0.312. The van der Waals surface area contributed by atoms with Crippen LogP contribution < -0.4 is 103 Å². The van der Waals surface area contributed by atoms with Gasteiger partial charge in [-0.15, -0.1) is 0 Å². The first kappa shape index (κ1) is 25.3. The monoisotopic (exact) mass is 246 g/mol. The van der Waals surface area contributed by atoms with Crippen molar-refractivity contribution in [3.63, 3.8) is 0 Å². The van der Waals surface area contributed by atoms with E-state index in [0.717, 1.165) is 6.61 Å². The van der Waals surface area contributed by atoms with Crippen molar-refractivity contribution in [3.8, 4) is 0 Å². The van der Waals surface area contributed by atoms with Gasteiger partial charge in [-0.1, -0.05) is 6.08 Å². The maximum Gasteiger partial charge on any atom is 1.00 e. The summed E-state index contributed by atoms with van der Waals surface area (Å²) in [6.07, 6.45) is 7.47. The molecule has 14 heavy (non-hydrogen) atoms. The number of hydrogen-bond donors (Lipinski definition) is 0. The Morgan fingerprint density at radius 2 is 1.50 bits per heavy atom. The molecule has 0 saturated carbocycles. The number of hydrogen-bond acceptors (Lipinski definition) is 5. The first-order chi connectivity index (χ1) is 5.00. The molecule has 0 unspecified atom stereocenters. The van der Waals surface area contributed by atoms with Gasteiger partial charge < -0.3 is 24.0 Å². The molecule has 0 atom stereocenters. The molecule has 0 aromatic heterocycles. The van der Waals surface area contributed by atoms with Gasteiger partial charge in [-0.3, -0.25) is 0 Å². The summed E-state index contributed by atoms with van der Waals surface area (Å²) in [5, 5.41) is 0. The zero-order chi connectivity index (χ0) is 8.74. The number of allylic oxidation sites excluding steroid dienone is 2. The van der Waals surface area contributed by atoms with E-state index in [0.29, 0.717) is 0 Å². The Morgan fingerprint density at radius 3 is 1.57 bits per heavy atom. The number of ether oxygens (including phenoxy) is 1. The molecule has 0 radical (unpaired) electrons. The van der Waals surface area contributed by atoms with Gasteiger partial charge in [0.1, 0.15) is 6.61 Å². The third-order valence-electron chi connectivity index (χ3n) is 0.614. The molecule has 0 aromatic rings. The molecule has 9 heteroatoms. The maximum absolute atomic E-state index is 8.55. The molecule has 0 aliphatic carbocycles. The van der Waals surface area contributed by atoms with Gasteiger partial charge in [-0.05, 0) is 12.2 Å². The largest absolute Gasteiger partial charge is 1.00 e. The molecule has 0 spiro atoms. The van der Waals surface area contributed by atoms with Crippen molar-refractivity contribution in [2.45, 2.75) is 0 Å². The van der Waals surface area contributed by atoms with Crippen molar-refractivity contribution in [2.75, 3.05) is 6.61 Å². The van der Waals surface area contributed by atoms with E-state index >= 15 is 0 Å². The smallest absolute Gasteiger partial charge is 0.822 e. The fraction of sp³-hybridized carbons (Fsp3) is 0.200. The van der Waals surface area contributed by atoms with Gasteiger partial charge in [0.2, 0.25) is 0 Å². The second kappa shape index (κ2) is 15.4. The topological polar surface area (TPSA) is 95.5 Å². The SMILES string of the molecule is C1=CCOC=C1.O=P([O-])([O-])[O-].[Na+].[Na+].[Na+]. The van der Waals surface area contributed by atoms with Crippen molar-refractivity contribution < 1.29 is 113 Å². The van der Waals surface area contributed by atoms with Crippen LogP contribution in [-0.2, 0) is 9.30 Å². The minimum atomic E-state index is -5.39. The number of phosphoric acid groups is 1. The summed E-state index contributed by atoms with van der Waals surface area (Å²) in [6, 6.07) is 0. The predicted octanol–water partition coefficient (Wildman–Crippen LogP) is -10.7. The fourth-order valence-electron chi connectivity index (χ4n) is 0.346. The first-order valence-electron chi connectivity index (χ1n) is 2.66. The predicted molar refractivity (Wildman–Crippen MR) is 31.8 cm³/mol. The Hall–Kier alpha value is 2.39. The average Bonchev–Trinajstić information content (AvgIpc) is 1.88. The minimum Gasteiger partial charge on any atom is -0.822 e. The second-order valence-electron chi connectivity index (χ2n) is 1.54. The van der Waals surface area contributed by atoms with Crippen LogP contribution in [0.5, 0.6) is 0 Å². The van der Waals surface area contributed by atoms with Crippen LogP contribution in [0.1, 0.15) is 0 Å².